The zero-order valence-corrected chi connectivity index (χ0v) is 51.7. The molecule has 0 saturated carbocycles. The van der Waals surface area contributed by atoms with Crippen molar-refractivity contribution in [3.05, 3.63) is 202 Å². The van der Waals surface area contributed by atoms with Crippen LogP contribution in [0.15, 0.2) is 162 Å². The smallest absolute Gasteiger partial charge is 0.297 e. The minimum atomic E-state index is -0.287. The van der Waals surface area contributed by atoms with Crippen LogP contribution in [0.5, 0.6) is 0 Å². The Morgan fingerprint density at radius 3 is 1.56 bits per heavy atom. The van der Waals surface area contributed by atoms with Gasteiger partial charge in [-0.3, -0.25) is 0 Å². The van der Waals surface area contributed by atoms with Crippen LogP contribution in [0.2, 0.25) is 0 Å². The highest BCUT2D eigenvalue weighted by molar-refractivity contribution is 7.00. The van der Waals surface area contributed by atoms with Crippen LogP contribution in [-0.4, -0.2) is 6.71 Å². The van der Waals surface area contributed by atoms with Gasteiger partial charge in [-0.1, -0.05) is 196 Å². The van der Waals surface area contributed by atoms with Gasteiger partial charge in [0.05, 0.1) is 22.7 Å². The Balaban J connectivity index is 1.16. The van der Waals surface area contributed by atoms with E-state index in [1.807, 2.05) is 0 Å². The number of hydrogen-bond acceptors (Lipinski definition) is 4. The quantitative estimate of drug-likeness (QED) is 0.160. The van der Waals surface area contributed by atoms with E-state index in [0.29, 0.717) is 0 Å². The molecule has 414 valence electrons. The maximum absolute atomic E-state index is 7.87. The molecule has 1 aromatic heterocycles. The molecule has 3 heterocycles. The van der Waals surface area contributed by atoms with E-state index in [1.165, 1.54) is 94.7 Å². The van der Waals surface area contributed by atoms with Crippen molar-refractivity contribution < 1.29 is 4.42 Å². The largest absolute Gasteiger partial charge is 0.468 e. The third kappa shape index (κ3) is 7.76. The number of para-hydroxylation sites is 1. The summed E-state index contributed by atoms with van der Waals surface area (Å²) in [7, 11) is 0. The van der Waals surface area contributed by atoms with Gasteiger partial charge < -0.3 is 19.1 Å². The first-order chi connectivity index (χ1) is 38.7. The molecule has 0 spiro atoms. The summed E-state index contributed by atoms with van der Waals surface area (Å²) < 4.78 is 7.87. The summed E-state index contributed by atoms with van der Waals surface area (Å²) in [5.41, 5.74) is 28.3. The third-order valence-corrected chi connectivity index (χ3v) is 20.6. The van der Waals surface area contributed by atoms with E-state index in [-0.39, 0.29) is 44.6 Å². The zero-order valence-electron chi connectivity index (χ0n) is 51.7. The minimum absolute atomic E-state index is 0.000315. The molecule has 9 aromatic rings. The van der Waals surface area contributed by atoms with Crippen molar-refractivity contribution in [2.75, 3.05) is 14.7 Å². The third-order valence-electron chi connectivity index (χ3n) is 20.6. The van der Waals surface area contributed by atoms with E-state index in [0.717, 1.165) is 65.4 Å². The average Bonchev–Trinajstić information content (AvgIpc) is 4.15. The molecule has 0 amide bonds. The molecule has 0 bridgehead atoms. The summed E-state index contributed by atoms with van der Waals surface area (Å²) >= 11 is 0. The van der Waals surface area contributed by atoms with Crippen LogP contribution in [0.3, 0.4) is 0 Å². The summed E-state index contributed by atoms with van der Waals surface area (Å²) in [4.78, 5) is 7.85. The normalized spacial score (nSPS) is 18.2. The Kier molecular flexibility index (Phi) is 11.2. The highest BCUT2D eigenvalue weighted by atomic mass is 16.3. The van der Waals surface area contributed by atoms with Crippen molar-refractivity contribution >= 4 is 85.5 Å². The molecule has 82 heavy (non-hydrogen) atoms. The van der Waals surface area contributed by atoms with Crippen molar-refractivity contribution in [3.8, 4) is 11.1 Å². The van der Waals surface area contributed by atoms with Gasteiger partial charge in [0, 0.05) is 44.9 Å². The highest BCUT2D eigenvalue weighted by Crippen LogP contribution is 2.58. The molecule has 0 atom stereocenters. The molecule has 0 N–H and O–H groups in total. The first kappa shape index (κ1) is 52.8. The number of anilines is 9. The topological polar surface area (TPSA) is 22.9 Å². The number of fused-ring (bicyclic) bond motifs is 11. The van der Waals surface area contributed by atoms with Gasteiger partial charge in [0.15, 0.2) is 0 Å². The van der Waals surface area contributed by atoms with E-state index in [2.05, 4.69) is 283 Å². The Morgan fingerprint density at radius 2 is 0.951 bits per heavy atom. The molecular weight excluding hydrogens is 994 g/mol. The fraction of sp³-hybridized carbons (Fsp3) is 0.351. The fourth-order valence-electron chi connectivity index (χ4n) is 15.5. The lowest BCUT2D eigenvalue weighted by Gasteiger charge is -2.47. The monoisotopic (exact) mass is 1080 g/mol. The molecule has 0 saturated heterocycles. The lowest BCUT2D eigenvalue weighted by Crippen LogP contribution is -2.61. The summed E-state index contributed by atoms with van der Waals surface area (Å²) in [6, 6.07) is 61.6. The van der Waals surface area contributed by atoms with Crippen LogP contribution in [0.1, 0.15) is 181 Å². The Bertz CT molecular complexity index is 4100. The van der Waals surface area contributed by atoms with E-state index in [1.54, 1.807) is 0 Å². The van der Waals surface area contributed by atoms with Crippen LogP contribution in [0.25, 0.3) is 22.1 Å². The molecule has 8 aromatic carbocycles. The van der Waals surface area contributed by atoms with Crippen LogP contribution >= 0.6 is 0 Å². The average molecular weight is 1080 g/mol. The van der Waals surface area contributed by atoms with Crippen molar-refractivity contribution in [1.29, 1.82) is 0 Å². The van der Waals surface area contributed by atoms with E-state index < -0.39 is 0 Å². The number of benzene rings is 8. The lowest BCUT2D eigenvalue weighted by molar-refractivity contribution is 0.332. The van der Waals surface area contributed by atoms with Crippen LogP contribution in [0.4, 0.5) is 51.2 Å². The van der Waals surface area contributed by atoms with Crippen LogP contribution in [-0.2, 0) is 37.9 Å². The van der Waals surface area contributed by atoms with E-state index in [4.69, 9.17) is 4.42 Å². The predicted octanol–water partition coefficient (Wildman–Crippen LogP) is 19.6. The van der Waals surface area contributed by atoms with E-state index in [9.17, 15) is 0 Å². The number of rotatable bonds is 5. The number of nitrogens with zero attached hydrogens (tertiary/aromatic N) is 3. The van der Waals surface area contributed by atoms with Gasteiger partial charge in [-0.05, 0) is 198 Å². The Morgan fingerprint density at radius 1 is 0.439 bits per heavy atom. The molecule has 5 heteroatoms. The first-order valence-electron chi connectivity index (χ1n) is 30.5. The Labute approximate surface area is 489 Å². The van der Waals surface area contributed by atoms with Crippen molar-refractivity contribution in [1.82, 2.24) is 0 Å². The second-order valence-corrected chi connectivity index (χ2v) is 30.3. The van der Waals surface area contributed by atoms with Gasteiger partial charge in [0.1, 0.15) is 5.58 Å². The highest BCUT2D eigenvalue weighted by Gasteiger charge is 2.51. The zero-order chi connectivity index (χ0) is 57.6. The van der Waals surface area contributed by atoms with Crippen molar-refractivity contribution in [2.45, 2.75) is 174 Å². The fourth-order valence-corrected chi connectivity index (χ4v) is 15.5. The molecule has 14 rings (SSSR count). The maximum atomic E-state index is 7.87. The summed E-state index contributed by atoms with van der Waals surface area (Å²) in [6.07, 6.45) is 4.51. The maximum Gasteiger partial charge on any atom is 0.297 e. The first-order valence-corrected chi connectivity index (χ1v) is 30.5. The molecule has 0 unspecified atom stereocenters. The predicted molar refractivity (Wildman–Crippen MR) is 350 cm³/mol. The second kappa shape index (κ2) is 17.4. The van der Waals surface area contributed by atoms with Gasteiger partial charge >= 0.3 is 0 Å². The Hall–Kier alpha value is -7.24. The van der Waals surface area contributed by atoms with Crippen LogP contribution < -0.4 is 31.3 Å². The molecule has 0 radical (unpaired) electrons. The number of furan rings is 1. The molecule has 4 nitrogen and oxygen atoms in total. The minimum Gasteiger partial charge on any atom is -0.468 e. The summed E-state index contributed by atoms with van der Waals surface area (Å²) in [5, 5.41) is 1.18. The van der Waals surface area contributed by atoms with Gasteiger partial charge in [-0.25, -0.2) is 0 Å². The van der Waals surface area contributed by atoms with Crippen LogP contribution in [0, 0.1) is 0 Å². The van der Waals surface area contributed by atoms with Crippen molar-refractivity contribution in [2.24, 2.45) is 0 Å². The van der Waals surface area contributed by atoms with Gasteiger partial charge in [-0.15, -0.1) is 0 Å². The summed E-state index contributed by atoms with van der Waals surface area (Å²) in [5.74, 6) is 0. The SMILES string of the molecule is CC(C)(C)c1ccc(N(c2ccccc2)c2cc3c4c(c2)N(c2ccc(C(C)(C)C)cc2)c2c(oc5cc6c(cc25)C(C)(C)CCC6(C)C)B4c2cc4c(cc2N3c2cccc3c2C(C)(C)c2ccccc2-3)C(C)(C)CCC4(C)C)cc1. The van der Waals surface area contributed by atoms with E-state index >= 15 is 0 Å². The number of hydrogen-bond donors (Lipinski definition) is 0. The molecule has 5 aliphatic rings. The van der Waals surface area contributed by atoms with Crippen molar-refractivity contribution in [3.63, 3.8) is 0 Å². The second-order valence-electron chi connectivity index (χ2n) is 30.3. The molecular formula is C77H82BN3O. The molecule has 2 aliphatic heterocycles. The van der Waals surface area contributed by atoms with Gasteiger partial charge in [0.2, 0.25) is 0 Å². The standard InChI is InChI=1S/C77H82BN3O/c1-71(2,3)47-29-33-50(34-30-47)79(49-23-18-17-19-24-49)52-41-64-68-65(42-52)81(62-28-22-26-54-53-25-20-21-27-56(53)77(15,16)67(54)62)63-45-59-58(74(9,10)38-39-75(59,11)12)44-61(63)78(68)70-69(80(64)51-35-31-48(32-36-51)72(4,5)6)55-43-57-60(46-66(55)82-70)76(13,14)40-37-73(57,7)8/h17-36,41-46H,37-40H2,1-16H3. The van der Waals surface area contributed by atoms with Gasteiger partial charge in [0.25, 0.3) is 6.71 Å². The lowest BCUT2D eigenvalue weighted by atomic mass is 9.35. The molecule has 3 aliphatic carbocycles. The van der Waals surface area contributed by atoms with Gasteiger partial charge in [-0.2, -0.15) is 0 Å². The summed E-state index contributed by atoms with van der Waals surface area (Å²) in [6.45, 7) is 38.3. The molecule has 0 fully saturated rings.